The van der Waals surface area contributed by atoms with Crippen molar-refractivity contribution < 1.29 is 0 Å². The van der Waals surface area contributed by atoms with Gasteiger partial charge in [0.25, 0.3) is 0 Å². The van der Waals surface area contributed by atoms with Gasteiger partial charge in [-0.15, -0.1) is 21.9 Å². The standard InChI is InChI=1S/C47H26B8N2/c1-2-33-56-31-20-8-9-21-32(31)57(33)28-17-11-15-26(23-28)25-14-10-16-27(22-25)34-36-38(42(50)46(54)44(52)40(36)48)35(39-37(34)41(49)45(53)47(55)43(39)51)30-19-7-6-18-29(30)24-12-4-3-5-13-24/h3-23H,2H2,1H3. The number of imidazole rings is 1. The summed E-state index contributed by atoms with van der Waals surface area (Å²) < 4.78 is 2.21. The van der Waals surface area contributed by atoms with E-state index in [4.69, 9.17) is 67.8 Å². The van der Waals surface area contributed by atoms with E-state index in [0.29, 0.717) is 32.7 Å². The third-order valence-corrected chi connectivity index (χ3v) is 11.1. The van der Waals surface area contributed by atoms with Crippen molar-refractivity contribution in [2.24, 2.45) is 0 Å². The van der Waals surface area contributed by atoms with Crippen LogP contribution in [-0.2, 0) is 6.42 Å². The molecule has 1 aromatic heterocycles. The molecule has 57 heavy (non-hydrogen) atoms. The first-order valence-corrected chi connectivity index (χ1v) is 18.7. The Labute approximate surface area is 343 Å². The Morgan fingerprint density at radius 1 is 0.421 bits per heavy atom. The van der Waals surface area contributed by atoms with Crippen LogP contribution in [0.2, 0.25) is 0 Å². The summed E-state index contributed by atoms with van der Waals surface area (Å²) in [4.78, 5) is 4.91. The molecule has 9 aromatic rings. The Morgan fingerprint density at radius 2 is 0.895 bits per heavy atom. The van der Waals surface area contributed by atoms with Crippen LogP contribution in [0.25, 0.3) is 82.8 Å². The molecule has 0 saturated heterocycles. The third-order valence-electron chi connectivity index (χ3n) is 11.1. The maximum atomic E-state index is 7.07. The molecule has 0 spiro atoms. The number of hydrogen-bond acceptors (Lipinski definition) is 1. The molecule has 0 saturated carbocycles. The van der Waals surface area contributed by atoms with Gasteiger partial charge in [0.05, 0.1) is 11.0 Å². The first-order chi connectivity index (χ1) is 27.6. The molecule has 0 atom stereocenters. The smallest absolute Gasteiger partial charge is 0.114 e. The number of nitrogens with zero attached hydrogens (tertiary/aromatic N) is 2. The summed E-state index contributed by atoms with van der Waals surface area (Å²) >= 11 is 0. The van der Waals surface area contributed by atoms with E-state index in [-0.39, 0.29) is 43.7 Å². The van der Waals surface area contributed by atoms with Crippen LogP contribution in [0, 0.1) is 0 Å². The van der Waals surface area contributed by atoms with Gasteiger partial charge in [-0.25, -0.2) is 4.98 Å². The molecule has 16 radical (unpaired) electrons. The second-order valence-electron chi connectivity index (χ2n) is 14.3. The van der Waals surface area contributed by atoms with Crippen LogP contribution in [0.1, 0.15) is 12.7 Å². The Morgan fingerprint density at radius 3 is 1.51 bits per heavy atom. The zero-order valence-electron chi connectivity index (χ0n) is 31.3. The molecule has 248 valence electrons. The predicted octanol–water partition coefficient (Wildman–Crippen LogP) is 2.91. The summed E-state index contributed by atoms with van der Waals surface area (Å²) in [6.07, 6.45) is 0.775. The van der Waals surface area contributed by atoms with E-state index < -0.39 is 0 Å². The van der Waals surface area contributed by atoms with Crippen molar-refractivity contribution in [3.63, 3.8) is 0 Å². The van der Waals surface area contributed by atoms with Crippen LogP contribution in [0.5, 0.6) is 0 Å². The average molecular weight is 705 g/mol. The lowest BCUT2D eigenvalue weighted by atomic mass is 9.59. The van der Waals surface area contributed by atoms with Crippen LogP contribution < -0.4 is 43.7 Å². The SMILES string of the molecule is [B]c1c([B])c([B])c2c(-c3ccccc3-c3ccccc3)c3c([B])c([B])c([B])c([B])c3c(-c3cccc(-c4cccc(-n5c(CC)nc6ccccc65)c4)c3)c2c1[B]. The summed E-state index contributed by atoms with van der Waals surface area (Å²) in [5.74, 6) is 0.976. The Kier molecular flexibility index (Phi) is 9.27. The maximum absolute atomic E-state index is 7.07. The molecule has 10 heteroatoms. The van der Waals surface area contributed by atoms with Gasteiger partial charge >= 0.3 is 0 Å². The zero-order chi connectivity index (χ0) is 39.7. The molecule has 0 aliphatic heterocycles. The molecule has 0 amide bonds. The van der Waals surface area contributed by atoms with Gasteiger partial charge in [0.15, 0.2) is 0 Å². The first kappa shape index (κ1) is 36.9. The molecule has 0 aliphatic rings. The fourth-order valence-electron chi connectivity index (χ4n) is 8.35. The van der Waals surface area contributed by atoms with Crippen LogP contribution in [0.15, 0.2) is 127 Å². The van der Waals surface area contributed by atoms with Gasteiger partial charge in [-0.1, -0.05) is 126 Å². The predicted molar refractivity (Wildman–Crippen MR) is 250 cm³/mol. The normalized spacial score (nSPS) is 11.5. The van der Waals surface area contributed by atoms with E-state index in [0.717, 1.165) is 62.3 Å². The van der Waals surface area contributed by atoms with E-state index in [1.807, 2.05) is 84.9 Å². The van der Waals surface area contributed by atoms with Crippen molar-refractivity contribution in [3.05, 3.63) is 133 Å². The monoisotopic (exact) mass is 706 g/mol. The number of aryl methyl sites for hydroxylation is 1. The summed E-state index contributed by atoms with van der Waals surface area (Å²) in [6.45, 7) is 2.11. The van der Waals surface area contributed by atoms with Crippen molar-refractivity contribution in [1.82, 2.24) is 9.55 Å². The molecule has 0 N–H and O–H groups in total. The summed E-state index contributed by atoms with van der Waals surface area (Å²) in [7, 11) is 55.0. The third kappa shape index (κ3) is 5.79. The Hall–Kier alpha value is -5.73. The van der Waals surface area contributed by atoms with Gasteiger partial charge < -0.3 is 0 Å². The zero-order valence-corrected chi connectivity index (χ0v) is 31.3. The van der Waals surface area contributed by atoms with Crippen molar-refractivity contribution in [3.8, 4) is 50.2 Å². The molecule has 0 aliphatic carbocycles. The molecule has 0 unspecified atom stereocenters. The van der Waals surface area contributed by atoms with Crippen LogP contribution in [0.3, 0.4) is 0 Å². The lowest BCUT2D eigenvalue weighted by Gasteiger charge is -2.29. The average Bonchev–Trinajstić information content (AvgIpc) is 3.64. The fraction of sp³-hybridized carbons (Fsp3) is 0.0426. The van der Waals surface area contributed by atoms with E-state index in [9.17, 15) is 0 Å². The van der Waals surface area contributed by atoms with Crippen LogP contribution in [-0.4, -0.2) is 72.3 Å². The highest BCUT2D eigenvalue weighted by Gasteiger charge is 2.26. The highest BCUT2D eigenvalue weighted by Crippen LogP contribution is 2.44. The van der Waals surface area contributed by atoms with Gasteiger partial charge in [0.2, 0.25) is 0 Å². The van der Waals surface area contributed by atoms with Gasteiger partial charge in [-0.2, -0.15) is 0 Å². The maximum Gasteiger partial charge on any atom is 0.114 e. The van der Waals surface area contributed by atoms with E-state index >= 15 is 0 Å². The molecule has 8 aromatic carbocycles. The van der Waals surface area contributed by atoms with E-state index in [1.165, 1.54) is 0 Å². The molecular weight excluding hydrogens is 679 g/mol. The van der Waals surface area contributed by atoms with Crippen molar-refractivity contribution in [2.75, 3.05) is 0 Å². The summed E-state index contributed by atoms with van der Waals surface area (Å²) in [5.41, 5.74) is 11.5. The van der Waals surface area contributed by atoms with Gasteiger partial charge in [0.1, 0.15) is 68.6 Å². The molecule has 1 heterocycles. The number of para-hydroxylation sites is 2. The Balaban J connectivity index is 1.39. The minimum absolute atomic E-state index is 0.168. The number of benzene rings is 8. The minimum Gasteiger partial charge on any atom is -0.296 e. The number of hydrogen-bond donors (Lipinski definition) is 0. The lowest BCUT2D eigenvalue weighted by Crippen LogP contribution is -2.50. The molecule has 9 rings (SSSR count). The van der Waals surface area contributed by atoms with Gasteiger partial charge in [0, 0.05) is 12.1 Å². The molecular formula is C47H26B8N2. The van der Waals surface area contributed by atoms with E-state index in [1.54, 1.807) is 0 Å². The highest BCUT2D eigenvalue weighted by atomic mass is 15.1. The Bertz CT molecular complexity index is 3020. The molecule has 2 nitrogen and oxygen atoms in total. The number of aromatic nitrogens is 2. The molecule has 0 fully saturated rings. The second kappa shape index (κ2) is 14.3. The second-order valence-corrected chi connectivity index (χ2v) is 14.3. The van der Waals surface area contributed by atoms with Crippen LogP contribution in [0.4, 0.5) is 0 Å². The van der Waals surface area contributed by atoms with Crippen molar-refractivity contribution in [1.29, 1.82) is 0 Å². The lowest BCUT2D eigenvalue weighted by molar-refractivity contribution is 0.908. The van der Waals surface area contributed by atoms with Crippen molar-refractivity contribution in [2.45, 2.75) is 13.3 Å². The van der Waals surface area contributed by atoms with Crippen molar-refractivity contribution >= 4 is 139 Å². The quantitative estimate of drug-likeness (QED) is 0.193. The first-order valence-electron chi connectivity index (χ1n) is 18.7. The van der Waals surface area contributed by atoms with Gasteiger partial charge in [-0.3, -0.25) is 4.57 Å². The van der Waals surface area contributed by atoms with Gasteiger partial charge in [-0.05, 0) is 96.4 Å². The number of rotatable bonds is 6. The summed E-state index contributed by atoms with van der Waals surface area (Å²) in [5, 5.41) is 2.30. The fourth-order valence-corrected chi connectivity index (χ4v) is 8.35. The topological polar surface area (TPSA) is 17.8 Å². The van der Waals surface area contributed by atoms with E-state index in [2.05, 4.69) is 54.0 Å². The van der Waals surface area contributed by atoms with Crippen LogP contribution >= 0.6 is 0 Å². The largest absolute Gasteiger partial charge is 0.296 e. The highest BCUT2D eigenvalue weighted by molar-refractivity contribution is 6.71. The number of fused-ring (bicyclic) bond motifs is 3. The minimum atomic E-state index is 0.168. The molecule has 0 bridgehead atoms. The summed E-state index contributed by atoms with van der Waals surface area (Å²) in [6, 6.07) is 42.8.